The standard InChI is InChI=1S/C24H32N4O/c1-5-28(24(29)19-6-7-19)22-15-21(14-17(2)18(22)3)20-8-9-23(25-16-20)27-12-10-26(4)11-13-27/h8-9,14-16,19H,5-7,10-13H2,1-4H3. The second kappa shape index (κ2) is 8.15. The van der Waals surface area contributed by atoms with Crippen LogP contribution in [0.2, 0.25) is 0 Å². The molecule has 0 spiro atoms. The lowest BCUT2D eigenvalue weighted by Crippen LogP contribution is -2.44. The normalized spacial score (nSPS) is 17.4. The average Bonchev–Trinajstić information content (AvgIpc) is 3.57. The molecule has 1 aliphatic heterocycles. The summed E-state index contributed by atoms with van der Waals surface area (Å²) in [5, 5.41) is 0. The molecule has 0 N–H and O–H groups in total. The van der Waals surface area contributed by atoms with Gasteiger partial charge < -0.3 is 14.7 Å². The minimum absolute atomic E-state index is 0.225. The molecule has 29 heavy (non-hydrogen) atoms. The zero-order chi connectivity index (χ0) is 20.5. The van der Waals surface area contributed by atoms with Crippen molar-refractivity contribution in [1.29, 1.82) is 0 Å². The van der Waals surface area contributed by atoms with E-state index in [9.17, 15) is 4.79 Å². The third kappa shape index (κ3) is 4.15. The van der Waals surface area contributed by atoms with Crippen LogP contribution < -0.4 is 9.80 Å². The van der Waals surface area contributed by atoms with Gasteiger partial charge in [0.2, 0.25) is 5.91 Å². The number of piperazine rings is 1. The van der Waals surface area contributed by atoms with Gasteiger partial charge in [0.15, 0.2) is 0 Å². The molecule has 2 aliphatic rings. The van der Waals surface area contributed by atoms with Crippen molar-refractivity contribution in [2.75, 3.05) is 49.6 Å². The third-order valence-corrected chi connectivity index (χ3v) is 6.35. The lowest BCUT2D eigenvalue weighted by Gasteiger charge is -2.33. The first kappa shape index (κ1) is 19.9. The molecule has 1 aromatic heterocycles. The first-order chi connectivity index (χ1) is 14.0. The average molecular weight is 393 g/mol. The number of aryl methyl sites for hydroxylation is 1. The summed E-state index contributed by atoms with van der Waals surface area (Å²) in [7, 11) is 2.17. The number of hydrogen-bond donors (Lipinski definition) is 0. The van der Waals surface area contributed by atoms with Crippen molar-refractivity contribution in [3.8, 4) is 11.1 Å². The predicted octanol–water partition coefficient (Wildman–Crippen LogP) is 3.88. The van der Waals surface area contributed by atoms with E-state index in [0.717, 1.165) is 61.7 Å². The lowest BCUT2D eigenvalue weighted by molar-refractivity contribution is -0.119. The van der Waals surface area contributed by atoms with Gasteiger partial charge in [0, 0.05) is 56.1 Å². The van der Waals surface area contributed by atoms with Gasteiger partial charge in [0.05, 0.1) is 0 Å². The fourth-order valence-electron chi connectivity index (χ4n) is 4.06. The first-order valence-electron chi connectivity index (χ1n) is 10.8. The van der Waals surface area contributed by atoms with Gasteiger partial charge in [-0.25, -0.2) is 4.98 Å². The molecular formula is C24H32N4O. The number of anilines is 2. The fourth-order valence-corrected chi connectivity index (χ4v) is 4.06. The highest BCUT2D eigenvalue weighted by atomic mass is 16.2. The molecule has 5 heteroatoms. The zero-order valence-corrected chi connectivity index (χ0v) is 18.1. The molecule has 4 rings (SSSR count). The molecule has 0 radical (unpaired) electrons. The van der Waals surface area contributed by atoms with Crippen molar-refractivity contribution in [3.05, 3.63) is 41.6 Å². The van der Waals surface area contributed by atoms with Crippen LogP contribution in [-0.2, 0) is 4.79 Å². The highest BCUT2D eigenvalue weighted by Gasteiger charge is 2.34. The minimum Gasteiger partial charge on any atom is -0.354 e. The number of benzene rings is 1. The van der Waals surface area contributed by atoms with Gasteiger partial charge in [0.25, 0.3) is 0 Å². The van der Waals surface area contributed by atoms with Crippen LogP contribution in [0.5, 0.6) is 0 Å². The summed E-state index contributed by atoms with van der Waals surface area (Å²) in [6.07, 6.45) is 4.04. The first-order valence-corrected chi connectivity index (χ1v) is 10.8. The number of amides is 1. The van der Waals surface area contributed by atoms with Crippen molar-refractivity contribution < 1.29 is 4.79 Å². The molecule has 1 amide bonds. The van der Waals surface area contributed by atoms with E-state index in [-0.39, 0.29) is 11.8 Å². The number of likely N-dealkylation sites (N-methyl/N-ethyl adjacent to an activating group) is 1. The van der Waals surface area contributed by atoms with Crippen LogP contribution in [0.3, 0.4) is 0 Å². The molecule has 2 fully saturated rings. The molecule has 0 bridgehead atoms. The van der Waals surface area contributed by atoms with Gasteiger partial charge >= 0.3 is 0 Å². The van der Waals surface area contributed by atoms with Gasteiger partial charge in [-0.2, -0.15) is 0 Å². The topological polar surface area (TPSA) is 39.7 Å². The monoisotopic (exact) mass is 392 g/mol. The van der Waals surface area contributed by atoms with Crippen molar-refractivity contribution in [1.82, 2.24) is 9.88 Å². The Morgan fingerprint density at radius 2 is 1.83 bits per heavy atom. The smallest absolute Gasteiger partial charge is 0.230 e. The number of pyridine rings is 1. The number of nitrogens with zero attached hydrogens (tertiary/aromatic N) is 4. The van der Waals surface area contributed by atoms with E-state index >= 15 is 0 Å². The van der Waals surface area contributed by atoms with E-state index in [0.29, 0.717) is 6.54 Å². The second-order valence-electron chi connectivity index (χ2n) is 8.49. The van der Waals surface area contributed by atoms with Crippen LogP contribution in [0, 0.1) is 19.8 Å². The maximum absolute atomic E-state index is 12.8. The maximum Gasteiger partial charge on any atom is 0.230 e. The van der Waals surface area contributed by atoms with Gasteiger partial charge in [-0.3, -0.25) is 4.79 Å². The van der Waals surface area contributed by atoms with E-state index < -0.39 is 0 Å². The van der Waals surface area contributed by atoms with Crippen LogP contribution in [-0.4, -0.2) is 55.6 Å². The summed E-state index contributed by atoms with van der Waals surface area (Å²) < 4.78 is 0. The Hall–Kier alpha value is -2.40. The number of rotatable bonds is 5. The molecule has 0 unspecified atom stereocenters. The molecule has 1 saturated heterocycles. The van der Waals surface area contributed by atoms with Gasteiger partial charge in [-0.05, 0) is 75.5 Å². The molecule has 154 valence electrons. The van der Waals surface area contributed by atoms with Gasteiger partial charge in [-0.15, -0.1) is 0 Å². The van der Waals surface area contributed by atoms with Crippen LogP contribution >= 0.6 is 0 Å². The molecule has 0 atom stereocenters. The van der Waals surface area contributed by atoms with E-state index in [2.05, 4.69) is 61.9 Å². The maximum atomic E-state index is 12.8. The Kier molecular flexibility index (Phi) is 5.59. The number of carbonyl (C=O) groups excluding carboxylic acids is 1. The SMILES string of the molecule is CCN(C(=O)C1CC1)c1cc(-c2ccc(N3CCN(C)CC3)nc2)cc(C)c1C. The lowest BCUT2D eigenvalue weighted by atomic mass is 9.98. The molecule has 2 aromatic rings. The summed E-state index contributed by atoms with van der Waals surface area (Å²) in [6, 6.07) is 8.66. The fraction of sp³-hybridized carbons (Fsp3) is 0.500. The number of aromatic nitrogens is 1. The Labute approximate surface area is 174 Å². The molecule has 1 aromatic carbocycles. The number of carbonyl (C=O) groups is 1. The molecular weight excluding hydrogens is 360 g/mol. The van der Waals surface area contributed by atoms with E-state index in [1.807, 2.05) is 11.1 Å². The second-order valence-corrected chi connectivity index (χ2v) is 8.49. The Morgan fingerprint density at radius 3 is 2.41 bits per heavy atom. The van der Waals surface area contributed by atoms with Gasteiger partial charge in [-0.1, -0.05) is 6.07 Å². The molecule has 2 heterocycles. The molecule has 5 nitrogen and oxygen atoms in total. The molecule has 1 aliphatic carbocycles. The van der Waals surface area contributed by atoms with E-state index in [1.54, 1.807) is 0 Å². The van der Waals surface area contributed by atoms with Crippen LogP contribution in [0.15, 0.2) is 30.5 Å². The van der Waals surface area contributed by atoms with E-state index in [1.165, 1.54) is 11.1 Å². The van der Waals surface area contributed by atoms with Crippen molar-refractivity contribution >= 4 is 17.4 Å². The Morgan fingerprint density at radius 1 is 1.10 bits per heavy atom. The van der Waals surface area contributed by atoms with E-state index in [4.69, 9.17) is 4.98 Å². The van der Waals surface area contributed by atoms with Crippen molar-refractivity contribution in [2.45, 2.75) is 33.6 Å². The predicted molar refractivity (Wildman–Crippen MR) is 120 cm³/mol. The highest BCUT2D eigenvalue weighted by Crippen LogP contribution is 2.36. The minimum atomic E-state index is 0.225. The number of hydrogen-bond acceptors (Lipinski definition) is 4. The van der Waals surface area contributed by atoms with Gasteiger partial charge in [0.1, 0.15) is 5.82 Å². The summed E-state index contributed by atoms with van der Waals surface area (Å²) >= 11 is 0. The summed E-state index contributed by atoms with van der Waals surface area (Å²) in [5.41, 5.74) is 5.67. The Bertz CT molecular complexity index is 880. The molecule has 1 saturated carbocycles. The highest BCUT2D eigenvalue weighted by molar-refractivity contribution is 5.98. The van der Waals surface area contributed by atoms with Crippen LogP contribution in [0.4, 0.5) is 11.5 Å². The van der Waals surface area contributed by atoms with Crippen LogP contribution in [0.25, 0.3) is 11.1 Å². The third-order valence-electron chi connectivity index (χ3n) is 6.35. The quantitative estimate of drug-likeness (QED) is 0.774. The summed E-state index contributed by atoms with van der Waals surface area (Å²) in [6.45, 7) is 11.2. The largest absolute Gasteiger partial charge is 0.354 e. The van der Waals surface area contributed by atoms with Crippen LogP contribution in [0.1, 0.15) is 30.9 Å². The summed E-state index contributed by atoms with van der Waals surface area (Å²) in [5.74, 6) is 1.54. The zero-order valence-electron chi connectivity index (χ0n) is 18.1. The van der Waals surface area contributed by atoms with Crippen molar-refractivity contribution in [2.24, 2.45) is 5.92 Å². The Balaban J connectivity index is 1.61. The van der Waals surface area contributed by atoms with Crippen molar-refractivity contribution in [3.63, 3.8) is 0 Å². The summed E-state index contributed by atoms with van der Waals surface area (Å²) in [4.78, 5) is 24.2.